The molecule has 0 aromatic heterocycles. The summed E-state index contributed by atoms with van der Waals surface area (Å²) in [5, 5.41) is 9.50. The number of thioether (sulfide) groups is 1. The molecule has 1 aromatic carbocycles. The zero-order valence-electron chi connectivity index (χ0n) is 7.74. The summed E-state index contributed by atoms with van der Waals surface area (Å²) in [5.74, 6) is 5.39. The average molecular weight is 192 g/mol. The molecule has 0 radical (unpaired) electrons. The van der Waals surface area contributed by atoms with E-state index in [9.17, 15) is 5.11 Å². The van der Waals surface area contributed by atoms with Crippen molar-refractivity contribution in [1.29, 1.82) is 0 Å². The topological polar surface area (TPSA) is 20.2 Å². The Morgan fingerprint density at radius 1 is 1.31 bits per heavy atom. The third kappa shape index (κ3) is 2.80. The van der Waals surface area contributed by atoms with Crippen LogP contribution in [0.4, 0.5) is 0 Å². The lowest BCUT2D eigenvalue weighted by Crippen LogP contribution is -1.92. The lowest BCUT2D eigenvalue weighted by atomic mass is 10.1. The first-order valence-corrected chi connectivity index (χ1v) is 5.24. The molecule has 0 aliphatic rings. The van der Waals surface area contributed by atoms with Crippen molar-refractivity contribution in [3.63, 3.8) is 0 Å². The van der Waals surface area contributed by atoms with Crippen molar-refractivity contribution in [3.05, 3.63) is 29.8 Å². The summed E-state index contributed by atoms with van der Waals surface area (Å²) in [4.78, 5) is 1.19. The summed E-state index contributed by atoms with van der Waals surface area (Å²) < 4.78 is 0. The fourth-order valence-corrected chi connectivity index (χ4v) is 1.41. The molecule has 0 aliphatic heterocycles. The van der Waals surface area contributed by atoms with Gasteiger partial charge in [-0.25, -0.2) is 0 Å². The van der Waals surface area contributed by atoms with E-state index in [1.54, 1.807) is 18.7 Å². The van der Waals surface area contributed by atoms with Crippen molar-refractivity contribution < 1.29 is 5.11 Å². The Kier molecular flexibility index (Phi) is 3.88. The summed E-state index contributed by atoms with van der Waals surface area (Å²) in [6.45, 7) is 1.72. The number of rotatable bonds is 2. The molecule has 1 nitrogen and oxygen atoms in total. The van der Waals surface area contributed by atoms with Crippen LogP contribution in [0.25, 0.3) is 0 Å². The van der Waals surface area contributed by atoms with Crippen LogP contribution in [0.3, 0.4) is 0 Å². The number of hydrogen-bond acceptors (Lipinski definition) is 2. The molecular formula is C11H12OS. The van der Waals surface area contributed by atoms with E-state index >= 15 is 0 Å². The molecule has 68 valence electrons. The second kappa shape index (κ2) is 4.96. The first-order valence-electron chi connectivity index (χ1n) is 4.02. The van der Waals surface area contributed by atoms with Gasteiger partial charge in [0.05, 0.1) is 0 Å². The standard InChI is InChI=1S/C11H12OS/c1-3-4-11(12)9-5-7-10(13-2)8-6-9/h5-8,11-12H,1-2H3. The highest BCUT2D eigenvalue weighted by molar-refractivity contribution is 7.98. The van der Waals surface area contributed by atoms with Crippen molar-refractivity contribution in [2.75, 3.05) is 6.26 Å². The van der Waals surface area contributed by atoms with E-state index < -0.39 is 6.10 Å². The third-order valence-electron chi connectivity index (χ3n) is 1.71. The Balaban J connectivity index is 2.83. The van der Waals surface area contributed by atoms with Crippen molar-refractivity contribution in [1.82, 2.24) is 0 Å². The molecule has 0 bridgehead atoms. The maximum Gasteiger partial charge on any atom is 0.140 e. The maximum atomic E-state index is 9.50. The number of hydrogen-bond donors (Lipinski definition) is 1. The minimum Gasteiger partial charge on any atom is -0.376 e. The molecule has 0 spiro atoms. The minimum absolute atomic E-state index is 0.652. The van der Waals surface area contributed by atoms with E-state index in [0.29, 0.717) is 0 Å². The summed E-state index contributed by atoms with van der Waals surface area (Å²) in [6.07, 6.45) is 1.37. The molecule has 1 rings (SSSR count). The van der Waals surface area contributed by atoms with Crippen LogP contribution in [0.5, 0.6) is 0 Å². The first kappa shape index (κ1) is 10.2. The van der Waals surface area contributed by atoms with Crippen LogP contribution in [0.1, 0.15) is 18.6 Å². The van der Waals surface area contributed by atoms with Crippen LogP contribution >= 0.6 is 11.8 Å². The summed E-state index contributed by atoms with van der Waals surface area (Å²) in [5.41, 5.74) is 0.854. The molecule has 2 heteroatoms. The molecule has 0 heterocycles. The Hall–Kier alpha value is -0.910. The highest BCUT2D eigenvalue weighted by atomic mass is 32.2. The number of aliphatic hydroxyl groups is 1. The fourth-order valence-electron chi connectivity index (χ4n) is 1.01. The van der Waals surface area contributed by atoms with E-state index in [2.05, 4.69) is 11.8 Å². The zero-order valence-corrected chi connectivity index (χ0v) is 8.56. The second-order valence-electron chi connectivity index (χ2n) is 2.57. The summed E-state index contributed by atoms with van der Waals surface area (Å²) in [6, 6.07) is 7.78. The Morgan fingerprint density at radius 3 is 2.38 bits per heavy atom. The van der Waals surface area contributed by atoms with Gasteiger partial charge in [-0.2, -0.15) is 0 Å². The van der Waals surface area contributed by atoms with E-state index in [0.717, 1.165) is 5.56 Å². The molecule has 1 atom stereocenters. The molecule has 0 saturated carbocycles. The van der Waals surface area contributed by atoms with Crippen molar-refractivity contribution >= 4 is 11.8 Å². The molecule has 0 amide bonds. The van der Waals surface area contributed by atoms with Crippen LogP contribution in [-0.4, -0.2) is 11.4 Å². The minimum atomic E-state index is -0.652. The predicted molar refractivity (Wildman–Crippen MR) is 56.6 cm³/mol. The van der Waals surface area contributed by atoms with Gasteiger partial charge in [-0.05, 0) is 30.9 Å². The summed E-state index contributed by atoms with van der Waals surface area (Å²) in [7, 11) is 0. The van der Waals surface area contributed by atoms with Crippen LogP contribution < -0.4 is 0 Å². The van der Waals surface area contributed by atoms with Crippen molar-refractivity contribution in [2.24, 2.45) is 0 Å². The van der Waals surface area contributed by atoms with Gasteiger partial charge in [0.25, 0.3) is 0 Å². The Labute approximate surface area is 83.2 Å². The highest BCUT2D eigenvalue weighted by Gasteiger charge is 2.01. The van der Waals surface area contributed by atoms with Gasteiger partial charge in [-0.1, -0.05) is 18.1 Å². The van der Waals surface area contributed by atoms with E-state index in [1.807, 2.05) is 30.5 Å². The van der Waals surface area contributed by atoms with E-state index in [4.69, 9.17) is 0 Å². The molecule has 1 aromatic rings. The Morgan fingerprint density at radius 2 is 1.92 bits per heavy atom. The quantitative estimate of drug-likeness (QED) is 0.574. The number of benzene rings is 1. The predicted octanol–water partition coefficient (Wildman–Crippen LogP) is 2.47. The third-order valence-corrected chi connectivity index (χ3v) is 2.46. The van der Waals surface area contributed by atoms with Crippen LogP contribution in [0.15, 0.2) is 29.2 Å². The van der Waals surface area contributed by atoms with Crippen molar-refractivity contribution in [3.8, 4) is 11.8 Å². The fraction of sp³-hybridized carbons (Fsp3) is 0.273. The van der Waals surface area contributed by atoms with Gasteiger partial charge in [-0.3, -0.25) is 0 Å². The largest absolute Gasteiger partial charge is 0.376 e. The molecular weight excluding hydrogens is 180 g/mol. The van der Waals surface area contributed by atoms with Crippen LogP contribution in [-0.2, 0) is 0 Å². The molecule has 0 fully saturated rings. The van der Waals surface area contributed by atoms with Gasteiger partial charge in [0.15, 0.2) is 0 Å². The smallest absolute Gasteiger partial charge is 0.140 e. The second-order valence-corrected chi connectivity index (χ2v) is 3.45. The molecule has 13 heavy (non-hydrogen) atoms. The molecule has 0 saturated heterocycles. The lowest BCUT2D eigenvalue weighted by molar-refractivity contribution is 0.238. The lowest BCUT2D eigenvalue weighted by Gasteiger charge is -2.03. The van der Waals surface area contributed by atoms with Gasteiger partial charge >= 0.3 is 0 Å². The first-order chi connectivity index (χ1) is 6.27. The number of aliphatic hydroxyl groups excluding tert-OH is 1. The average Bonchev–Trinajstić information content (AvgIpc) is 2.18. The van der Waals surface area contributed by atoms with E-state index in [1.165, 1.54) is 4.90 Å². The molecule has 1 unspecified atom stereocenters. The maximum absolute atomic E-state index is 9.50. The molecule has 0 aliphatic carbocycles. The van der Waals surface area contributed by atoms with Gasteiger partial charge in [0, 0.05) is 4.90 Å². The monoisotopic (exact) mass is 192 g/mol. The van der Waals surface area contributed by atoms with E-state index in [-0.39, 0.29) is 0 Å². The Bertz CT molecular complexity index is 318. The normalized spacial score (nSPS) is 11.6. The SMILES string of the molecule is CC#CC(O)c1ccc(SC)cc1. The van der Waals surface area contributed by atoms with Crippen molar-refractivity contribution in [2.45, 2.75) is 17.9 Å². The molecule has 1 N–H and O–H groups in total. The van der Waals surface area contributed by atoms with Gasteiger partial charge in [0.2, 0.25) is 0 Å². The van der Waals surface area contributed by atoms with Gasteiger partial charge < -0.3 is 5.11 Å². The van der Waals surface area contributed by atoms with Crippen LogP contribution in [0, 0.1) is 11.8 Å². The highest BCUT2D eigenvalue weighted by Crippen LogP contribution is 2.18. The van der Waals surface area contributed by atoms with Crippen LogP contribution in [0.2, 0.25) is 0 Å². The zero-order chi connectivity index (χ0) is 9.68. The van der Waals surface area contributed by atoms with Gasteiger partial charge in [0.1, 0.15) is 6.10 Å². The summed E-state index contributed by atoms with van der Waals surface area (Å²) >= 11 is 1.68. The van der Waals surface area contributed by atoms with Gasteiger partial charge in [-0.15, -0.1) is 17.7 Å².